The molecule has 0 spiro atoms. The molecule has 2 rings (SSSR count). The smallest absolute Gasteiger partial charge is 0.508 e. The average molecular weight is 507 g/mol. The molecule has 0 aliphatic heterocycles. The number of aromatic hydroxyl groups is 2. The van der Waals surface area contributed by atoms with Crippen molar-refractivity contribution in [3.05, 3.63) is 46.5 Å². The number of rotatable bonds is 4. The molecule has 35 heavy (non-hydrogen) atoms. The molecule has 6 nitrogen and oxygen atoms in total. The fourth-order valence-electron chi connectivity index (χ4n) is 3.90. The van der Waals surface area contributed by atoms with Crippen LogP contribution in [-0.2, 0) is 26.2 Å². The maximum Gasteiger partial charge on any atom is 0.584 e. The van der Waals surface area contributed by atoms with E-state index < -0.39 is 29.5 Å². The summed E-state index contributed by atoms with van der Waals surface area (Å²) >= 11 is 0. The van der Waals surface area contributed by atoms with Gasteiger partial charge in [0.25, 0.3) is 0 Å². The molecule has 0 heterocycles. The lowest BCUT2D eigenvalue weighted by Crippen LogP contribution is -2.21. The third-order valence-corrected chi connectivity index (χ3v) is 6.62. The van der Waals surface area contributed by atoms with Gasteiger partial charge in [-0.15, -0.1) is 0 Å². The molecule has 0 saturated heterocycles. The first kappa shape index (κ1) is 29.1. The lowest BCUT2D eigenvalue weighted by Gasteiger charge is -2.32. The third-order valence-electron chi connectivity index (χ3n) is 5.79. The maximum absolute atomic E-state index is 13.6. The molecular formula is C28H43O6P. The van der Waals surface area contributed by atoms with Crippen LogP contribution in [0.3, 0.4) is 0 Å². The lowest BCUT2D eigenvalue weighted by molar-refractivity contribution is 0.280. The first-order valence-corrected chi connectivity index (χ1v) is 13.4. The summed E-state index contributed by atoms with van der Waals surface area (Å²) in [4.78, 5) is 11.1. The molecule has 0 atom stereocenters. The van der Waals surface area contributed by atoms with Crippen LogP contribution in [0.25, 0.3) is 0 Å². The van der Waals surface area contributed by atoms with Gasteiger partial charge < -0.3 is 19.3 Å². The quantitative estimate of drug-likeness (QED) is 0.366. The number of hydrogen-bond acceptors (Lipinski definition) is 5. The topological polar surface area (TPSA) is 96.2 Å². The van der Waals surface area contributed by atoms with E-state index in [-0.39, 0.29) is 23.0 Å². The van der Waals surface area contributed by atoms with E-state index in [2.05, 4.69) is 0 Å². The molecule has 196 valence electrons. The van der Waals surface area contributed by atoms with Crippen LogP contribution in [0.5, 0.6) is 23.0 Å². The Hall–Kier alpha value is -2.17. The fraction of sp³-hybridized carbons (Fsp3) is 0.571. The summed E-state index contributed by atoms with van der Waals surface area (Å²) in [5, 5.41) is 20.8. The molecule has 0 aromatic heterocycles. The lowest BCUT2D eigenvalue weighted by atomic mass is 9.79. The highest BCUT2D eigenvalue weighted by Crippen LogP contribution is 2.54. The SMILES string of the molecule is CC(C)(C)c1cc(O)cc(C(C)(C)C)c1OP(=O)(O)Oc1c(C(C)(C)C)cc(O)cc1C(C)(C)C. The second-order valence-electron chi connectivity index (χ2n) is 13.4. The number of phosphoric acid groups is 1. The Labute approximate surface area is 210 Å². The van der Waals surface area contributed by atoms with E-state index in [4.69, 9.17) is 9.05 Å². The number of phenols is 2. The Balaban J connectivity index is 2.76. The first-order valence-electron chi connectivity index (χ1n) is 11.9. The van der Waals surface area contributed by atoms with E-state index in [1.807, 2.05) is 83.1 Å². The molecule has 2 aromatic carbocycles. The first-order chi connectivity index (χ1) is 15.4. The molecule has 3 N–H and O–H groups in total. The maximum atomic E-state index is 13.6. The molecule has 0 unspecified atom stereocenters. The van der Waals surface area contributed by atoms with Gasteiger partial charge in [0.1, 0.15) is 23.0 Å². The second-order valence-corrected chi connectivity index (χ2v) is 14.7. The normalized spacial score (nSPS) is 13.6. The van der Waals surface area contributed by atoms with Crippen molar-refractivity contribution < 1.29 is 28.7 Å². The van der Waals surface area contributed by atoms with E-state index >= 15 is 0 Å². The molecule has 0 saturated carbocycles. The van der Waals surface area contributed by atoms with Gasteiger partial charge in [0, 0.05) is 22.3 Å². The van der Waals surface area contributed by atoms with Gasteiger partial charge in [0.2, 0.25) is 0 Å². The van der Waals surface area contributed by atoms with Gasteiger partial charge in [-0.25, -0.2) is 4.57 Å². The number of benzene rings is 2. The average Bonchev–Trinajstić information content (AvgIpc) is 2.60. The fourth-order valence-corrected chi connectivity index (χ4v) is 4.79. The Morgan fingerprint density at radius 2 is 0.743 bits per heavy atom. The highest BCUT2D eigenvalue weighted by atomic mass is 31.2. The summed E-state index contributed by atoms with van der Waals surface area (Å²) in [5.41, 5.74) is 0.436. The van der Waals surface area contributed by atoms with E-state index in [1.165, 1.54) is 0 Å². The molecule has 7 heteroatoms. The standard InChI is InChI=1S/C28H43O6P/c1-25(2,3)19-13-17(29)14-20(26(4,5)6)23(19)33-35(31,32)34-24-21(27(7,8)9)15-18(30)16-22(24)28(10,11)12/h13-16,29-30H,1-12H3,(H,31,32). The zero-order chi connectivity index (χ0) is 27.4. The highest BCUT2D eigenvalue weighted by Gasteiger charge is 2.37. The van der Waals surface area contributed by atoms with Gasteiger partial charge in [-0.05, 0) is 45.9 Å². The summed E-state index contributed by atoms with van der Waals surface area (Å²) in [6.07, 6.45) is 0. The van der Waals surface area contributed by atoms with E-state index in [0.29, 0.717) is 22.3 Å². The van der Waals surface area contributed by atoms with E-state index in [1.54, 1.807) is 24.3 Å². The molecule has 2 aromatic rings. The van der Waals surface area contributed by atoms with Gasteiger partial charge in [0.15, 0.2) is 0 Å². The molecule has 0 radical (unpaired) electrons. The summed E-state index contributed by atoms with van der Waals surface area (Å²) < 4.78 is 25.3. The summed E-state index contributed by atoms with van der Waals surface area (Å²) in [6.45, 7) is 23.3. The van der Waals surface area contributed by atoms with Crippen molar-refractivity contribution in [3.8, 4) is 23.0 Å². The van der Waals surface area contributed by atoms with Gasteiger partial charge in [-0.1, -0.05) is 83.1 Å². The van der Waals surface area contributed by atoms with Gasteiger partial charge in [-0.2, -0.15) is 0 Å². The number of hydrogen-bond donors (Lipinski definition) is 3. The van der Waals surface area contributed by atoms with E-state index in [9.17, 15) is 19.7 Å². The van der Waals surface area contributed by atoms with Crippen molar-refractivity contribution in [2.75, 3.05) is 0 Å². The highest BCUT2D eigenvalue weighted by molar-refractivity contribution is 7.48. The van der Waals surface area contributed by atoms with Gasteiger partial charge >= 0.3 is 7.82 Å². The minimum Gasteiger partial charge on any atom is -0.508 e. The molecule has 0 amide bonds. The Bertz CT molecular complexity index is 980. The molecule has 0 bridgehead atoms. The van der Waals surface area contributed by atoms with Crippen molar-refractivity contribution >= 4 is 7.82 Å². The predicted octanol–water partition coefficient (Wildman–Crippen LogP) is 7.85. The van der Waals surface area contributed by atoms with Crippen LogP contribution in [0.1, 0.15) is 105 Å². The van der Waals surface area contributed by atoms with Crippen molar-refractivity contribution in [1.29, 1.82) is 0 Å². The van der Waals surface area contributed by atoms with Crippen molar-refractivity contribution in [2.24, 2.45) is 0 Å². The summed E-state index contributed by atoms with van der Waals surface area (Å²) in [7, 11) is -4.72. The number of phenolic OH excluding ortho intramolecular Hbond substituents is 2. The van der Waals surface area contributed by atoms with Crippen LogP contribution >= 0.6 is 7.82 Å². The van der Waals surface area contributed by atoms with Crippen LogP contribution in [0.4, 0.5) is 0 Å². The Morgan fingerprint density at radius 1 is 0.543 bits per heavy atom. The van der Waals surface area contributed by atoms with Crippen LogP contribution < -0.4 is 9.05 Å². The predicted molar refractivity (Wildman–Crippen MR) is 142 cm³/mol. The van der Waals surface area contributed by atoms with Crippen molar-refractivity contribution in [3.63, 3.8) is 0 Å². The van der Waals surface area contributed by atoms with Gasteiger partial charge in [-0.3, -0.25) is 4.89 Å². The molecular weight excluding hydrogens is 463 g/mol. The van der Waals surface area contributed by atoms with Crippen molar-refractivity contribution in [1.82, 2.24) is 0 Å². The van der Waals surface area contributed by atoms with Crippen LogP contribution in [-0.4, -0.2) is 15.1 Å². The van der Waals surface area contributed by atoms with Crippen LogP contribution in [0, 0.1) is 0 Å². The number of phosphoric ester groups is 1. The van der Waals surface area contributed by atoms with E-state index in [0.717, 1.165) is 0 Å². The summed E-state index contributed by atoms with van der Waals surface area (Å²) in [5.74, 6) is 0.568. The van der Waals surface area contributed by atoms with Gasteiger partial charge in [0.05, 0.1) is 0 Å². The molecule has 0 aliphatic carbocycles. The van der Waals surface area contributed by atoms with Crippen LogP contribution in [0.15, 0.2) is 24.3 Å². The molecule has 0 aliphatic rings. The third kappa shape index (κ3) is 6.95. The molecule has 0 fully saturated rings. The largest absolute Gasteiger partial charge is 0.584 e. The summed E-state index contributed by atoms with van der Waals surface area (Å²) in [6, 6.07) is 6.25. The zero-order valence-electron chi connectivity index (χ0n) is 23.3. The van der Waals surface area contributed by atoms with Crippen molar-refractivity contribution in [2.45, 2.75) is 105 Å². The minimum atomic E-state index is -4.72. The zero-order valence-corrected chi connectivity index (χ0v) is 24.2. The monoisotopic (exact) mass is 506 g/mol. The Kier molecular flexibility index (Phi) is 7.51. The second kappa shape index (κ2) is 9.05. The Morgan fingerprint density at radius 3 is 0.914 bits per heavy atom. The minimum absolute atomic E-state index is 0.0597. The van der Waals surface area contributed by atoms with Crippen LogP contribution in [0.2, 0.25) is 0 Å².